The predicted octanol–water partition coefficient (Wildman–Crippen LogP) is 3.93. The van der Waals surface area contributed by atoms with Crippen LogP contribution >= 0.6 is 0 Å². The van der Waals surface area contributed by atoms with Crippen LogP contribution in [0.4, 0.5) is 5.69 Å². The third kappa shape index (κ3) is 3.90. The van der Waals surface area contributed by atoms with E-state index in [1.54, 1.807) is 7.11 Å². The van der Waals surface area contributed by atoms with Crippen LogP contribution in [0, 0.1) is 11.3 Å². The van der Waals surface area contributed by atoms with Gasteiger partial charge in [-0.05, 0) is 54.7 Å². The molecule has 29 heavy (non-hydrogen) atoms. The molecule has 1 saturated heterocycles. The number of carbonyl (C=O) groups excluding carboxylic acids is 2. The fourth-order valence-electron chi connectivity index (χ4n) is 4.51. The molecule has 0 bridgehead atoms. The number of carbonyl (C=O) groups is 2. The van der Waals surface area contributed by atoms with E-state index in [4.69, 9.17) is 9.47 Å². The summed E-state index contributed by atoms with van der Waals surface area (Å²) in [5, 5.41) is 2.92. The number of rotatable bonds is 6. The van der Waals surface area contributed by atoms with Crippen molar-refractivity contribution in [1.29, 1.82) is 0 Å². The van der Waals surface area contributed by atoms with E-state index in [9.17, 15) is 9.59 Å². The van der Waals surface area contributed by atoms with Crippen LogP contribution in [0.2, 0.25) is 0 Å². The molecule has 2 aromatic carbocycles. The number of methoxy groups -OCH3 is 1. The van der Waals surface area contributed by atoms with Gasteiger partial charge in [0.25, 0.3) is 0 Å². The van der Waals surface area contributed by atoms with E-state index in [1.165, 1.54) is 0 Å². The van der Waals surface area contributed by atoms with Crippen molar-refractivity contribution < 1.29 is 19.1 Å². The van der Waals surface area contributed by atoms with Gasteiger partial charge in [-0.1, -0.05) is 36.4 Å². The van der Waals surface area contributed by atoms with Crippen molar-refractivity contribution in [1.82, 2.24) is 0 Å². The number of ether oxygens (including phenoxy) is 2. The quantitative estimate of drug-likeness (QED) is 0.599. The number of hydrogen-bond donors (Lipinski definition) is 1. The van der Waals surface area contributed by atoms with Crippen LogP contribution < -0.4 is 10.1 Å². The molecule has 0 aromatic heterocycles. The van der Waals surface area contributed by atoms with Crippen molar-refractivity contribution in [2.24, 2.45) is 11.3 Å². The molecule has 4 rings (SSSR count). The molecule has 2 aliphatic rings. The molecule has 2 atom stereocenters. The van der Waals surface area contributed by atoms with Crippen LogP contribution in [0.5, 0.6) is 5.75 Å². The van der Waals surface area contributed by atoms with Crippen LogP contribution in [0.25, 0.3) is 0 Å². The minimum atomic E-state index is -0.464. The van der Waals surface area contributed by atoms with Gasteiger partial charge in [0.15, 0.2) is 0 Å². The van der Waals surface area contributed by atoms with E-state index in [0.717, 1.165) is 34.6 Å². The van der Waals surface area contributed by atoms with Crippen LogP contribution in [0.15, 0.2) is 60.7 Å². The first-order valence-corrected chi connectivity index (χ1v) is 9.84. The molecule has 2 fully saturated rings. The van der Waals surface area contributed by atoms with E-state index in [1.807, 2.05) is 48.5 Å². The van der Waals surface area contributed by atoms with Gasteiger partial charge in [0, 0.05) is 11.6 Å². The first kappa shape index (κ1) is 19.2. The highest BCUT2D eigenvalue weighted by Crippen LogP contribution is 2.52. The second-order valence-corrected chi connectivity index (χ2v) is 8.03. The number of cyclic esters (lactones) is 1. The molecule has 0 radical (unpaired) electrons. The Bertz CT molecular complexity index is 950. The van der Waals surface area contributed by atoms with E-state index in [0.29, 0.717) is 19.4 Å². The second-order valence-electron chi connectivity index (χ2n) is 8.03. The summed E-state index contributed by atoms with van der Waals surface area (Å²) in [4.78, 5) is 24.8. The zero-order valence-corrected chi connectivity index (χ0v) is 16.6. The number of anilines is 1. The molecule has 1 heterocycles. The zero-order chi connectivity index (χ0) is 20.4. The summed E-state index contributed by atoms with van der Waals surface area (Å²) in [5.41, 5.74) is 3.36. The Labute approximate surface area is 170 Å². The zero-order valence-electron chi connectivity index (χ0n) is 16.6. The molecule has 1 amide bonds. The first-order chi connectivity index (χ1) is 14.0. The number of fused-ring (bicyclic) bond motifs is 1. The molecule has 1 aliphatic heterocycles. The number of nitrogens with one attached hydrogen (secondary N) is 1. The maximum atomic E-state index is 12.4. The third-order valence-electron chi connectivity index (χ3n) is 5.96. The van der Waals surface area contributed by atoms with Crippen LogP contribution in [0.1, 0.15) is 24.0 Å². The number of hydrogen-bond acceptors (Lipinski definition) is 4. The summed E-state index contributed by atoms with van der Waals surface area (Å²) in [6.45, 7) is 4.58. The molecule has 150 valence electrons. The van der Waals surface area contributed by atoms with E-state index in [2.05, 4.69) is 11.9 Å². The Morgan fingerprint density at radius 2 is 2.03 bits per heavy atom. The molecule has 5 heteroatoms. The van der Waals surface area contributed by atoms with Crippen LogP contribution in [0.3, 0.4) is 0 Å². The van der Waals surface area contributed by atoms with Crippen molar-refractivity contribution in [3.05, 3.63) is 71.8 Å². The van der Waals surface area contributed by atoms with E-state index >= 15 is 0 Å². The molecule has 2 aromatic rings. The number of amides is 1. The molecule has 1 aliphatic carbocycles. The summed E-state index contributed by atoms with van der Waals surface area (Å²) in [7, 11) is 1.61. The van der Waals surface area contributed by atoms with E-state index in [-0.39, 0.29) is 24.2 Å². The minimum absolute atomic E-state index is 0.0869. The monoisotopic (exact) mass is 391 g/mol. The fourth-order valence-corrected chi connectivity index (χ4v) is 4.51. The maximum absolute atomic E-state index is 12.4. The predicted molar refractivity (Wildman–Crippen MR) is 111 cm³/mol. The normalized spacial score (nSPS) is 22.9. The summed E-state index contributed by atoms with van der Waals surface area (Å²) in [6, 6.07) is 15.2. The Morgan fingerprint density at radius 3 is 2.79 bits per heavy atom. The Kier molecular flexibility index (Phi) is 5.14. The SMILES string of the molecule is C=C1C[C@H]2COC(=O)[C@@]2(Cc2ccc(NC(=O)Cc3cccc(OC)c3)cc2)C1. The van der Waals surface area contributed by atoms with Gasteiger partial charge < -0.3 is 14.8 Å². The van der Waals surface area contributed by atoms with Gasteiger partial charge in [0.2, 0.25) is 5.91 Å². The van der Waals surface area contributed by atoms with Gasteiger partial charge in [-0.3, -0.25) is 9.59 Å². The third-order valence-corrected chi connectivity index (χ3v) is 5.96. The molecule has 0 spiro atoms. The first-order valence-electron chi connectivity index (χ1n) is 9.84. The number of allylic oxidation sites excluding steroid dienone is 1. The number of esters is 1. The highest BCUT2D eigenvalue weighted by Gasteiger charge is 2.55. The van der Waals surface area contributed by atoms with Crippen molar-refractivity contribution in [2.45, 2.75) is 25.7 Å². The lowest BCUT2D eigenvalue weighted by Gasteiger charge is -2.24. The molecule has 0 unspecified atom stereocenters. The summed E-state index contributed by atoms with van der Waals surface area (Å²) >= 11 is 0. The van der Waals surface area contributed by atoms with Gasteiger partial charge in [0.05, 0.1) is 25.6 Å². The average molecular weight is 391 g/mol. The lowest BCUT2D eigenvalue weighted by atomic mass is 9.75. The second kappa shape index (κ2) is 7.74. The van der Waals surface area contributed by atoms with Crippen molar-refractivity contribution in [2.75, 3.05) is 19.0 Å². The molecule has 5 nitrogen and oxygen atoms in total. The van der Waals surface area contributed by atoms with Gasteiger partial charge in [-0.25, -0.2) is 0 Å². The summed E-state index contributed by atoms with van der Waals surface area (Å²) in [5.74, 6) is 0.773. The smallest absolute Gasteiger partial charge is 0.313 e. The Balaban J connectivity index is 1.40. The lowest BCUT2D eigenvalue weighted by Crippen LogP contribution is -2.31. The van der Waals surface area contributed by atoms with Gasteiger partial charge >= 0.3 is 5.97 Å². The van der Waals surface area contributed by atoms with Gasteiger partial charge in [-0.15, -0.1) is 0 Å². The standard InChI is InChI=1S/C24H25NO4/c1-16-10-19-15-29-23(27)24(19,13-16)14-17-6-8-20(9-7-17)25-22(26)12-18-4-3-5-21(11-18)28-2/h3-9,11,19H,1,10,12-15H2,2H3,(H,25,26)/t19-,24+/m0/s1. The van der Waals surface area contributed by atoms with Gasteiger partial charge in [-0.2, -0.15) is 0 Å². The molecular weight excluding hydrogens is 366 g/mol. The van der Waals surface area contributed by atoms with E-state index < -0.39 is 5.41 Å². The largest absolute Gasteiger partial charge is 0.497 e. The molecule has 1 saturated carbocycles. The molecular formula is C24H25NO4. The Morgan fingerprint density at radius 1 is 1.24 bits per heavy atom. The topological polar surface area (TPSA) is 64.6 Å². The number of benzene rings is 2. The summed E-state index contributed by atoms with van der Waals surface area (Å²) < 4.78 is 10.5. The Hall–Kier alpha value is -3.08. The van der Waals surface area contributed by atoms with Crippen molar-refractivity contribution in [3.8, 4) is 5.75 Å². The van der Waals surface area contributed by atoms with Crippen molar-refractivity contribution in [3.63, 3.8) is 0 Å². The van der Waals surface area contributed by atoms with Gasteiger partial charge in [0.1, 0.15) is 5.75 Å². The average Bonchev–Trinajstić information content (AvgIpc) is 3.17. The maximum Gasteiger partial charge on any atom is 0.313 e. The highest BCUT2D eigenvalue weighted by molar-refractivity contribution is 5.92. The van der Waals surface area contributed by atoms with Crippen LogP contribution in [-0.2, 0) is 27.2 Å². The fraction of sp³-hybridized carbons (Fsp3) is 0.333. The minimum Gasteiger partial charge on any atom is -0.497 e. The van der Waals surface area contributed by atoms with Crippen molar-refractivity contribution >= 4 is 17.6 Å². The molecule has 1 N–H and O–H groups in total. The highest BCUT2D eigenvalue weighted by atomic mass is 16.5. The van der Waals surface area contributed by atoms with Crippen LogP contribution in [-0.4, -0.2) is 25.6 Å². The summed E-state index contributed by atoms with van der Waals surface area (Å²) in [6.07, 6.45) is 2.49. The lowest BCUT2D eigenvalue weighted by molar-refractivity contribution is -0.146.